The third-order valence-electron chi connectivity index (χ3n) is 3.18. The van der Waals surface area contributed by atoms with E-state index >= 15 is 0 Å². The summed E-state index contributed by atoms with van der Waals surface area (Å²) in [5, 5.41) is 4.28. The van der Waals surface area contributed by atoms with Gasteiger partial charge in [0, 0.05) is 27.3 Å². The summed E-state index contributed by atoms with van der Waals surface area (Å²) in [6.07, 6.45) is 4.51. The minimum atomic E-state index is -0.604. The van der Waals surface area contributed by atoms with E-state index in [-0.39, 0.29) is 0 Å². The average Bonchev–Trinajstić information content (AvgIpc) is 2.64. The largest absolute Gasteiger partial charge is 0.314 e. The second-order valence-corrected chi connectivity index (χ2v) is 6.37. The molecule has 14 heavy (non-hydrogen) atoms. The van der Waals surface area contributed by atoms with Gasteiger partial charge < -0.3 is 5.32 Å². The summed E-state index contributed by atoms with van der Waals surface area (Å²) in [4.78, 5) is 0. The van der Waals surface area contributed by atoms with E-state index < -0.39 is 10.8 Å². The van der Waals surface area contributed by atoms with Crippen LogP contribution in [0.4, 0.5) is 0 Å². The smallest absolute Gasteiger partial charge is 0.0366 e. The lowest BCUT2D eigenvalue weighted by Gasteiger charge is -2.15. The third-order valence-corrected chi connectivity index (χ3v) is 5.39. The second-order valence-electron chi connectivity index (χ2n) is 4.24. The zero-order valence-corrected chi connectivity index (χ0v) is 10.4. The number of rotatable bonds is 5. The summed E-state index contributed by atoms with van der Waals surface area (Å²) < 4.78 is 12.0. The van der Waals surface area contributed by atoms with E-state index in [4.69, 9.17) is 0 Å². The number of hydrogen-bond acceptors (Lipinski definition) is 2. The minimum absolute atomic E-state index is 0.375. The summed E-state index contributed by atoms with van der Waals surface area (Å²) >= 11 is 0. The summed E-state index contributed by atoms with van der Waals surface area (Å²) in [5.41, 5.74) is 0. The van der Waals surface area contributed by atoms with Crippen LogP contribution in [0.25, 0.3) is 0 Å². The molecule has 0 bridgehead atoms. The summed E-state index contributed by atoms with van der Waals surface area (Å²) in [5.74, 6) is 0. The van der Waals surface area contributed by atoms with Crippen molar-refractivity contribution in [2.45, 2.75) is 63.0 Å². The molecule has 0 heterocycles. The van der Waals surface area contributed by atoms with Crippen LogP contribution in [0, 0.1) is 0 Å². The first-order chi connectivity index (χ1) is 6.69. The van der Waals surface area contributed by atoms with Gasteiger partial charge in [-0.25, -0.2) is 0 Å². The molecule has 84 valence electrons. The third kappa shape index (κ3) is 3.06. The molecule has 0 aromatic heterocycles. The maximum atomic E-state index is 12.0. The summed E-state index contributed by atoms with van der Waals surface area (Å²) in [6, 6.07) is 0.623. The highest BCUT2D eigenvalue weighted by molar-refractivity contribution is 7.86. The maximum absolute atomic E-state index is 12.0. The van der Waals surface area contributed by atoms with Gasteiger partial charge in [-0.1, -0.05) is 20.8 Å². The Morgan fingerprint density at radius 1 is 1.43 bits per heavy atom. The Kier molecular flexibility index (Phi) is 5.10. The summed E-state index contributed by atoms with van der Waals surface area (Å²) in [7, 11) is -0.604. The Hall–Kier alpha value is 0.110. The molecule has 1 aliphatic rings. The fraction of sp³-hybridized carbons (Fsp3) is 1.00. The highest BCUT2D eigenvalue weighted by Crippen LogP contribution is 2.26. The van der Waals surface area contributed by atoms with Gasteiger partial charge in [-0.05, 0) is 32.2 Å². The standard InChI is InChI=1S/C11H23NOS/c1-4-9(3)14(13)11-7-6-10(8-11)12-5-2/h9-12H,4-8H2,1-3H3. The van der Waals surface area contributed by atoms with E-state index in [1.807, 2.05) is 0 Å². The molecule has 1 rings (SSSR count). The van der Waals surface area contributed by atoms with Gasteiger partial charge in [0.25, 0.3) is 0 Å². The predicted molar refractivity (Wildman–Crippen MR) is 63.0 cm³/mol. The van der Waals surface area contributed by atoms with Crippen molar-refractivity contribution in [2.24, 2.45) is 0 Å². The quantitative estimate of drug-likeness (QED) is 0.764. The highest BCUT2D eigenvalue weighted by Gasteiger charge is 2.30. The van der Waals surface area contributed by atoms with Gasteiger partial charge in [0.2, 0.25) is 0 Å². The van der Waals surface area contributed by atoms with E-state index in [9.17, 15) is 4.21 Å². The lowest BCUT2D eigenvalue weighted by atomic mass is 10.2. The Balaban J connectivity index is 2.37. The van der Waals surface area contributed by atoms with Crippen molar-refractivity contribution in [3.63, 3.8) is 0 Å². The van der Waals surface area contributed by atoms with Gasteiger partial charge >= 0.3 is 0 Å². The maximum Gasteiger partial charge on any atom is 0.0366 e. The van der Waals surface area contributed by atoms with Crippen molar-refractivity contribution in [2.75, 3.05) is 6.54 Å². The predicted octanol–water partition coefficient (Wildman–Crippen LogP) is 2.06. The van der Waals surface area contributed by atoms with Crippen molar-refractivity contribution >= 4 is 10.8 Å². The Morgan fingerprint density at radius 3 is 2.71 bits per heavy atom. The second kappa shape index (κ2) is 5.86. The molecule has 4 unspecified atom stereocenters. The van der Waals surface area contributed by atoms with Crippen LogP contribution >= 0.6 is 0 Å². The monoisotopic (exact) mass is 217 g/mol. The topological polar surface area (TPSA) is 29.1 Å². The van der Waals surface area contributed by atoms with Crippen LogP contribution in [0.3, 0.4) is 0 Å². The minimum Gasteiger partial charge on any atom is -0.314 e. The number of hydrogen-bond donors (Lipinski definition) is 1. The van der Waals surface area contributed by atoms with Gasteiger partial charge in [-0.2, -0.15) is 0 Å². The number of nitrogens with one attached hydrogen (secondary N) is 1. The van der Waals surface area contributed by atoms with Crippen LogP contribution < -0.4 is 5.32 Å². The van der Waals surface area contributed by atoms with E-state index in [0.717, 1.165) is 25.8 Å². The summed E-state index contributed by atoms with van der Waals surface area (Å²) in [6.45, 7) is 7.41. The van der Waals surface area contributed by atoms with Crippen molar-refractivity contribution in [3.05, 3.63) is 0 Å². The van der Waals surface area contributed by atoms with Crippen LogP contribution in [-0.2, 0) is 10.8 Å². The van der Waals surface area contributed by atoms with E-state index in [2.05, 4.69) is 26.1 Å². The fourth-order valence-corrected chi connectivity index (χ4v) is 3.89. The molecule has 1 saturated carbocycles. The van der Waals surface area contributed by atoms with E-state index in [1.165, 1.54) is 6.42 Å². The molecule has 0 aromatic rings. The molecule has 0 spiro atoms. The molecule has 1 N–H and O–H groups in total. The van der Waals surface area contributed by atoms with Gasteiger partial charge in [-0.3, -0.25) is 4.21 Å². The van der Waals surface area contributed by atoms with Crippen molar-refractivity contribution < 1.29 is 4.21 Å². The molecule has 0 aromatic carbocycles. The molecule has 0 aliphatic heterocycles. The van der Waals surface area contributed by atoms with Crippen LogP contribution in [-0.4, -0.2) is 27.3 Å². The average molecular weight is 217 g/mol. The molecule has 3 heteroatoms. The van der Waals surface area contributed by atoms with Crippen LogP contribution in [0.5, 0.6) is 0 Å². The normalized spacial score (nSPS) is 31.6. The lowest BCUT2D eigenvalue weighted by Crippen LogP contribution is -2.28. The first-order valence-corrected chi connectivity index (χ1v) is 7.09. The van der Waals surface area contributed by atoms with Crippen LogP contribution in [0.1, 0.15) is 46.5 Å². The molecule has 0 saturated heterocycles. The highest BCUT2D eigenvalue weighted by atomic mass is 32.2. The van der Waals surface area contributed by atoms with Gasteiger partial charge in [0.1, 0.15) is 0 Å². The molecule has 4 atom stereocenters. The van der Waals surface area contributed by atoms with E-state index in [0.29, 0.717) is 16.5 Å². The molecule has 1 fully saturated rings. The molecule has 0 amide bonds. The van der Waals surface area contributed by atoms with Crippen LogP contribution in [0.15, 0.2) is 0 Å². The van der Waals surface area contributed by atoms with Gasteiger partial charge in [-0.15, -0.1) is 0 Å². The molecular weight excluding hydrogens is 194 g/mol. The SMILES string of the molecule is CCNC1CCC(S(=O)C(C)CC)C1. The Labute approximate surface area is 90.3 Å². The Bertz CT molecular complexity index is 196. The zero-order valence-electron chi connectivity index (χ0n) is 9.58. The van der Waals surface area contributed by atoms with E-state index in [1.54, 1.807) is 0 Å². The molecule has 1 aliphatic carbocycles. The van der Waals surface area contributed by atoms with Gasteiger partial charge in [0.05, 0.1) is 0 Å². The van der Waals surface area contributed by atoms with Crippen molar-refractivity contribution in [1.82, 2.24) is 5.32 Å². The lowest BCUT2D eigenvalue weighted by molar-refractivity contribution is 0.542. The van der Waals surface area contributed by atoms with Crippen molar-refractivity contribution in [1.29, 1.82) is 0 Å². The zero-order chi connectivity index (χ0) is 10.6. The molecular formula is C11H23NOS. The first kappa shape index (κ1) is 12.2. The van der Waals surface area contributed by atoms with Gasteiger partial charge in [0.15, 0.2) is 0 Å². The molecule has 0 radical (unpaired) electrons. The van der Waals surface area contributed by atoms with Crippen molar-refractivity contribution in [3.8, 4) is 0 Å². The Morgan fingerprint density at radius 2 is 2.14 bits per heavy atom. The van der Waals surface area contributed by atoms with Crippen LogP contribution in [0.2, 0.25) is 0 Å². The first-order valence-electron chi connectivity index (χ1n) is 5.81. The molecule has 2 nitrogen and oxygen atoms in total. The fourth-order valence-electron chi connectivity index (χ4n) is 2.12.